The van der Waals surface area contributed by atoms with Gasteiger partial charge in [-0.25, -0.2) is 0 Å². The molecule has 1 aliphatic rings. The van der Waals surface area contributed by atoms with Gasteiger partial charge in [-0.1, -0.05) is 141 Å². The first-order valence-electron chi connectivity index (χ1n) is 19.2. The summed E-state index contributed by atoms with van der Waals surface area (Å²) >= 11 is 0. The average molecular weight is 703 g/mol. The van der Waals surface area contributed by atoms with Crippen molar-refractivity contribution in [1.29, 1.82) is 0 Å². The van der Waals surface area contributed by atoms with Crippen molar-refractivity contribution < 1.29 is 0 Å². The number of nitrogens with zero attached hydrogens (tertiary/aromatic N) is 2. The predicted octanol–water partition coefficient (Wildman–Crippen LogP) is 14.5. The number of rotatable bonds is 5. The van der Waals surface area contributed by atoms with Crippen LogP contribution in [0.25, 0.3) is 71.3 Å². The number of aromatic nitrogens is 1. The van der Waals surface area contributed by atoms with Gasteiger partial charge in [-0.3, -0.25) is 0 Å². The third kappa shape index (κ3) is 4.88. The van der Waals surface area contributed by atoms with Crippen molar-refractivity contribution in [2.75, 3.05) is 4.90 Å². The van der Waals surface area contributed by atoms with E-state index in [2.05, 4.69) is 217 Å². The molecule has 2 nitrogen and oxygen atoms in total. The van der Waals surface area contributed by atoms with Crippen LogP contribution >= 0.6 is 0 Å². The summed E-state index contributed by atoms with van der Waals surface area (Å²) in [4.78, 5) is 2.44. The Morgan fingerprint density at radius 3 is 1.82 bits per heavy atom. The van der Waals surface area contributed by atoms with Crippen molar-refractivity contribution in [3.05, 3.63) is 205 Å². The van der Waals surface area contributed by atoms with E-state index in [1.54, 1.807) is 0 Å². The number of hydrogen-bond donors (Lipinski definition) is 0. The number of benzene rings is 9. The molecule has 0 atom stereocenters. The molecule has 0 saturated heterocycles. The zero-order valence-electron chi connectivity index (χ0n) is 30.9. The van der Waals surface area contributed by atoms with Crippen LogP contribution in [0.4, 0.5) is 17.1 Å². The maximum Gasteiger partial charge on any atom is 0.0547 e. The third-order valence-electron chi connectivity index (χ3n) is 11.9. The molecule has 0 saturated carbocycles. The highest BCUT2D eigenvalue weighted by molar-refractivity contribution is 6.18. The molecule has 0 unspecified atom stereocenters. The van der Waals surface area contributed by atoms with Gasteiger partial charge in [0, 0.05) is 38.9 Å². The third-order valence-corrected chi connectivity index (χ3v) is 11.9. The normalized spacial score (nSPS) is 13.1. The molecule has 260 valence electrons. The monoisotopic (exact) mass is 702 g/mol. The molecule has 10 aromatic rings. The van der Waals surface area contributed by atoms with E-state index in [0.717, 1.165) is 17.1 Å². The lowest BCUT2D eigenvalue weighted by Gasteiger charge is -2.28. The Balaban J connectivity index is 1.13. The first kappa shape index (κ1) is 31.6. The summed E-state index contributed by atoms with van der Waals surface area (Å²) in [7, 11) is 0. The topological polar surface area (TPSA) is 8.17 Å². The van der Waals surface area contributed by atoms with Crippen LogP contribution in [0.2, 0.25) is 0 Å². The van der Waals surface area contributed by atoms with Gasteiger partial charge in [0.2, 0.25) is 0 Å². The van der Waals surface area contributed by atoms with Gasteiger partial charge in [0.25, 0.3) is 0 Å². The molecule has 1 aromatic heterocycles. The van der Waals surface area contributed by atoms with Crippen LogP contribution < -0.4 is 4.90 Å². The molecular formula is C53H38N2. The lowest BCUT2D eigenvalue weighted by Crippen LogP contribution is -2.16. The fourth-order valence-electron chi connectivity index (χ4n) is 9.21. The minimum absolute atomic E-state index is 0.104. The first-order valence-corrected chi connectivity index (χ1v) is 19.2. The number of fused-ring (bicyclic) bond motifs is 9. The Hall–Kier alpha value is -6.90. The predicted molar refractivity (Wildman–Crippen MR) is 233 cm³/mol. The zero-order chi connectivity index (χ0) is 36.7. The molecule has 0 spiro atoms. The number of hydrogen-bond acceptors (Lipinski definition) is 1. The quantitative estimate of drug-likeness (QED) is 0.162. The van der Waals surface area contributed by atoms with E-state index in [-0.39, 0.29) is 5.41 Å². The second-order valence-electron chi connectivity index (χ2n) is 15.4. The minimum Gasteiger partial charge on any atom is -0.310 e. The van der Waals surface area contributed by atoms with Crippen LogP contribution in [0.1, 0.15) is 25.0 Å². The van der Waals surface area contributed by atoms with Crippen LogP contribution in [0.15, 0.2) is 194 Å². The van der Waals surface area contributed by atoms with Gasteiger partial charge in [-0.2, -0.15) is 0 Å². The molecule has 1 aliphatic carbocycles. The summed E-state index contributed by atoms with van der Waals surface area (Å²) in [6, 6.07) is 71.5. The van der Waals surface area contributed by atoms with Crippen molar-refractivity contribution in [2.24, 2.45) is 0 Å². The summed E-state index contributed by atoms with van der Waals surface area (Å²) in [6.45, 7) is 4.72. The molecule has 55 heavy (non-hydrogen) atoms. The number of anilines is 3. The Morgan fingerprint density at radius 2 is 0.982 bits per heavy atom. The standard InChI is InChI=1S/C53H38N2/c1-53(2)49-19-11-9-17-43(49)44-30-29-42(33-50(44)53)54(40-26-23-36(24-27-40)35-13-5-3-6-14-35)41-28-25-37-21-22-38-31-48-45-18-10-12-20-51(45)55(39-15-7-4-8-16-39)52(48)34-47(38)46(37)32-41/h3-34H,1-2H3. The van der Waals surface area contributed by atoms with Crippen molar-refractivity contribution >= 4 is 60.4 Å². The summed E-state index contributed by atoms with van der Waals surface area (Å²) in [5.74, 6) is 0. The van der Waals surface area contributed by atoms with Gasteiger partial charge in [0.1, 0.15) is 0 Å². The summed E-state index contributed by atoms with van der Waals surface area (Å²) in [6.07, 6.45) is 0. The van der Waals surface area contributed by atoms with E-state index >= 15 is 0 Å². The van der Waals surface area contributed by atoms with Crippen molar-refractivity contribution in [3.63, 3.8) is 0 Å². The zero-order valence-corrected chi connectivity index (χ0v) is 30.9. The second-order valence-corrected chi connectivity index (χ2v) is 15.4. The van der Waals surface area contributed by atoms with Gasteiger partial charge >= 0.3 is 0 Å². The molecule has 1 heterocycles. The van der Waals surface area contributed by atoms with Crippen molar-refractivity contribution in [3.8, 4) is 27.9 Å². The SMILES string of the molecule is CC1(C)c2ccccc2-c2ccc(N(c3ccc(-c4ccccc4)cc3)c3ccc4ccc5cc6c7ccccc7n(-c7ccccc7)c6cc5c4c3)cc21. The largest absolute Gasteiger partial charge is 0.310 e. The van der Waals surface area contributed by atoms with E-state index in [1.165, 1.54) is 82.4 Å². The highest BCUT2D eigenvalue weighted by atomic mass is 15.1. The lowest BCUT2D eigenvalue weighted by molar-refractivity contribution is 0.660. The van der Waals surface area contributed by atoms with Crippen LogP contribution in [-0.4, -0.2) is 4.57 Å². The highest BCUT2D eigenvalue weighted by Gasteiger charge is 2.35. The Bertz CT molecular complexity index is 3100. The Morgan fingerprint density at radius 1 is 0.382 bits per heavy atom. The molecule has 0 fully saturated rings. The van der Waals surface area contributed by atoms with E-state index in [4.69, 9.17) is 0 Å². The molecule has 0 bridgehead atoms. The molecule has 0 N–H and O–H groups in total. The van der Waals surface area contributed by atoms with E-state index in [1.807, 2.05) is 0 Å². The van der Waals surface area contributed by atoms with Gasteiger partial charge in [-0.05, 0) is 122 Å². The summed E-state index contributed by atoms with van der Waals surface area (Å²) in [5.41, 5.74) is 14.7. The molecule has 11 rings (SSSR count). The molecular weight excluding hydrogens is 665 g/mol. The minimum atomic E-state index is -0.104. The average Bonchev–Trinajstić information content (AvgIpc) is 3.68. The Kier molecular flexibility index (Phi) is 6.93. The maximum atomic E-state index is 2.44. The van der Waals surface area contributed by atoms with Crippen LogP contribution in [-0.2, 0) is 5.41 Å². The number of para-hydroxylation sites is 2. The molecule has 0 aliphatic heterocycles. The van der Waals surface area contributed by atoms with Crippen LogP contribution in [0.3, 0.4) is 0 Å². The van der Waals surface area contributed by atoms with Crippen molar-refractivity contribution in [1.82, 2.24) is 4.57 Å². The van der Waals surface area contributed by atoms with E-state index in [9.17, 15) is 0 Å². The van der Waals surface area contributed by atoms with Crippen LogP contribution in [0.5, 0.6) is 0 Å². The van der Waals surface area contributed by atoms with Crippen LogP contribution in [0, 0.1) is 0 Å². The Labute approximate surface area is 321 Å². The van der Waals surface area contributed by atoms with Crippen molar-refractivity contribution in [2.45, 2.75) is 19.3 Å². The second kappa shape index (κ2) is 12.1. The van der Waals surface area contributed by atoms with E-state index in [0.29, 0.717) is 0 Å². The van der Waals surface area contributed by atoms with E-state index < -0.39 is 0 Å². The molecule has 2 heteroatoms. The maximum absolute atomic E-state index is 2.44. The smallest absolute Gasteiger partial charge is 0.0547 e. The molecule has 0 amide bonds. The molecule has 0 radical (unpaired) electrons. The fraction of sp³-hybridized carbons (Fsp3) is 0.0566. The fourth-order valence-corrected chi connectivity index (χ4v) is 9.21. The van der Waals surface area contributed by atoms with Gasteiger partial charge in [-0.15, -0.1) is 0 Å². The highest BCUT2D eigenvalue weighted by Crippen LogP contribution is 2.51. The summed E-state index contributed by atoms with van der Waals surface area (Å²) in [5, 5.41) is 7.48. The molecule has 9 aromatic carbocycles. The first-order chi connectivity index (χ1) is 27.0. The van der Waals surface area contributed by atoms with Gasteiger partial charge in [0.05, 0.1) is 11.0 Å². The summed E-state index contributed by atoms with van der Waals surface area (Å²) < 4.78 is 2.41. The lowest BCUT2D eigenvalue weighted by atomic mass is 9.82. The van der Waals surface area contributed by atoms with Gasteiger partial charge < -0.3 is 9.47 Å². The van der Waals surface area contributed by atoms with Gasteiger partial charge in [0.15, 0.2) is 0 Å².